The fraction of sp³-hybridized carbons (Fsp3) is 0.545. The van der Waals surface area contributed by atoms with Crippen molar-refractivity contribution in [1.82, 2.24) is 10.6 Å². The van der Waals surface area contributed by atoms with E-state index >= 15 is 0 Å². The molecule has 1 aromatic rings. The Hall–Kier alpha value is -0.920. The Kier molecular flexibility index (Phi) is 5.77. The summed E-state index contributed by atoms with van der Waals surface area (Å²) in [6.07, 6.45) is 0. The second-order valence-electron chi connectivity index (χ2n) is 3.97. The molecule has 0 aliphatic carbocycles. The molecular formula is C11H18N2O3S2. The molecule has 0 aliphatic rings. The third-order valence-corrected chi connectivity index (χ3v) is 5.02. The van der Waals surface area contributed by atoms with Gasteiger partial charge in [0.1, 0.15) is 5.75 Å². The summed E-state index contributed by atoms with van der Waals surface area (Å²) in [4.78, 5) is 12.2. The van der Waals surface area contributed by atoms with Crippen molar-refractivity contribution in [2.24, 2.45) is 0 Å². The number of amides is 1. The predicted octanol–water partition coefficient (Wildman–Crippen LogP) is 0.307. The Balaban J connectivity index is 2.29. The molecule has 0 saturated carbocycles. The maximum Gasteiger partial charge on any atom is 0.234 e. The maximum absolute atomic E-state index is 11.5. The second-order valence-corrected chi connectivity index (χ2v) is 7.15. The first kappa shape index (κ1) is 15.1. The van der Waals surface area contributed by atoms with Gasteiger partial charge in [-0.25, -0.2) is 8.42 Å². The molecule has 0 radical (unpaired) electrons. The van der Waals surface area contributed by atoms with Gasteiger partial charge in [-0.1, -0.05) is 0 Å². The summed E-state index contributed by atoms with van der Waals surface area (Å²) in [7, 11) is -1.89. The molecule has 1 heterocycles. The fourth-order valence-corrected chi connectivity index (χ4v) is 3.38. The molecule has 0 aromatic carbocycles. The molecule has 0 bridgehead atoms. The standard InChI is InChI=1S/C11H18N2O3S2/c1-9-3-5-17-10(9)7-13-4-6-18(15,16)8-11(14)12-2/h3,5,13H,4,6-8H2,1-2H3,(H,12,14). The van der Waals surface area contributed by atoms with Crippen molar-refractivity contribution in [3.8, 4) is 0 Å². The highest BCUT2D eigenvalue weighted by molar-refractivity contribution is 7.92. The zero-order valence-electron chi connectivity index (χ0n) is 10.5. The van der Waals surface area contributed by atoms with Crippen LogP contribution in [0.3, 0.4) is 0 Å². The summed E-state index contributed by atoms with van der Waals surface area (Å²) >= 11 is 1.65. The SMILES string of the molecule is CNC(=O)CS(=O)(=O)CCNCc1sccc1C. The zero-order chi connectivity index (χ0) is 13.6. The van der Waals surface area contributed by atoms with Gasteiger partial charge in [0, 0.05) is 25.0 Å². The highest BCUT2D eigenvalue weighted by Crippen LogP contribution is 2.14. The van der Waals surface area contributed by atoms with E-state index in [1.807, 2.05) is 18.4 Å². The van der Waals surface area contributed by atoms with Gasteiger partial charge >= 0.3 is 0 Å². The van der Waals surface area contributed by atoms with Gasteiger partial charge in [-0.05, 0) is 23.9 Å². The van der Waals surface area contributed by atoms with Gasteiger partial charge in [0.15, 0.2) is 9.84 Å². The van der Waals surface area contributed by atoms with E-state index in [0.717, 1.165) is 0 Å². The van der Waals surface area contributed by atoms with Crippen LogP contribution in [0.2, 0.25) is 0 Å². The molecule has 0 saturated heterocycles. The van der Waals surface area contributed by atoms with Crippen LogP contribution in [0.4, 0.5) is 0 Å². The Morgan fingerprint density at radius 3 is 2.72 bits per heavy atom. The number of nitrogens with one attached hydrogen (secondary N) is 2. The summed E-state index contributed by atoms with van der Waals surface area (Å²) in [6.45, 7) is 3.05. The number of carbonyl (C=O) groups is 1. The van der Waals surface area contributed by atoms with Gasteiger partial charge in [-0.15, -0.1) is 11.3 Å². The molecule has 7 heteroatoms. The van der Waals surface area contributed by atoms with Crippen LogP contribution in [-0.2, 0) is 21.2 Å². The van der Waals surface area contributed by atoms with Crippen LogP contribution in [0.5, 0.6) is 0 Å². The summed E-state index contributed by atoms with van der Waals surface area (Å²) in [5, 5.41) is 7.39. The van der Waals surface area contributed by atoms with Gasteiger partial charge < -0.3 is 10.6 Å². The first-order valence-electron chi connectivity index (χ1n) is 5.59. The van der Waals surface area contributed by atoms with Crippen molar-refractivity contribution in [2.45, 2.75) is 13.5 Å². The maximum atomic E-state index is 11.5. The van der Waals surface area contributed by atoms with Gasteiger partial charge in [-0.3, -0.25) is 4.79 Å². The van der Waals surface area contributed by atoms with Gasteiger partial charge in [-0.2, -0.15) is 0 Å². The highest BCUT2D eigenvalue weighted by Gasteiger charge is 2.15. The molecule has 0 aliphatic heterocycles. The summed E-state index contributed by atoms with van der Waals surface area (Å²) in [5.74, 6) is -0.933. The second kappa shape index (κ2) is 6.86. The number of aryl methyl sites for hydroxylation is 1. The summed E-state index contributed by atoms with van der Waals surface area (Å²) in [6, 6.07) is 2.03. The molecule has 1 amide bonds. The molecule has 0 atom stereocenters. The number of carbonyl (C=O) groups excluding carboxylic acids is 1. The van der Waals surface area contributed by atoms with E-state index in [-0.39, 0.29) is 5.75 Å². The van der Waals surface area contributed by atoms with Crippen LogP contribution in [0.15, 0.2) is 11.4 Å². The average Bonchev–Trinajstić information content (AvgIpc) is 2.70. The van der Waals surface area contributed by atoms with E-state index < -0.39 is 21.5 Å². The number of rotatable bonds is 7. The lowest BCUT2D eigenvalue weighted by molar-refractivity contribution is -0.118. The van der Waals surface area contributed by atoms with E-state index in [4.69, 9.17) is 0 Å². The van der Waals surface area contributed by atoms with Crippen molar-refractivity contribution in [1.29, 1.82) is 0 Å². The lowest BCUT2D eigenvalue weighted by Gasteiger charge is -2.05. The van der Waals surface area contributed by atoms with Crippen molar-refractivity contribution >= 4 is 27.1 Å². The smallest absolute Gasteiger partial charge is 0.234 e. The molecule has 0 fully saturated rings. The van der Waals surface area contributed by atoms with E-state index in [1.54, 1.807) is 11.3 Å². The topological polar surface area (TPSA) is 75.3 Å². The zero-order valence-corrected chi connectivity index (χ0v) is 12.2. The van der Waals surface area contributed by atoms with E-state index in [9.17, 15) is 13.2 Å². The van der Waals surface area contributed by atoms with Crippen LogP contribution in [0, 0.1) is 6.92 Å². The average molecular weight is 290 g/mol. The van der Waals surface area contributed by atoms with Crippen molar-refractivity contribution in [3.63, 3.8) is 0 Å². The largest absolute Gasteiger partial charge is 0.358 e. The minimum atomic E-state index is -3.32. The minimum absolute atomic E-state index is 0.0230. The van der Waals surface area contributed by atoms with Crippen molar-refractivity contribution in [3.05, 3.63) is 21.9 Å². The molecule has 0 unspecified atom stereocenters. The quantitative estimate of drug-likeness (QED) is 0.709. The lowest BCUT2D eigenvalue weighted by Crippen LogP contribution is -2.31. The molecular weight excluding hydrogens is 272 g/mol. The number of hydrogen-bond donors (Lipinski definition) is 2. The number of thiophene rings is 1. The van der Waals surface area contributed by atoms with Crippen molar-refractivity contribution < 1.29 is 13.2 Å². The summed E-state index contributed by atoms with van der Waals surface area (Å²) < 4.78 is 23.1. The molecule has 1 aromatic heterocycles. The molecule has 18 heavy (non-hydrogen) atoms. The third kappa shape index (κ3) is 5.16. The van der Waals surface area contributed by atoms with Gasteiger partial charge in [0.2, 0.25) is 5.91 Å². The van der Waals surface area contributed by atoms with E-state index in [2.05, 4.69) is 10.6 Å². The number of sulfone groups is 1. The predicted molar refractivity (Wildman–Crippen MR) is 73.5 cm³/mol. The van der Waals surface area contributed by atoms with E-state index in [1.165, 1.54) is 17.5 Å². The van der Waals surface area contributed by atoms with Gasteiger partial charge in [0.25, 0.3) is 0 Å². The highest BCUT2D eigenvalue weighted by atomic mass is 32.2. The summed E-state index contributed by atoms with van der Waals surface area (Å²) in [5.41, 5.74) is 1.21. The van der Waals surface area contributed by atoms with Gasteiger partial charge in [0.05, 0.1) is 5.75 Å². The molecule has 0 spiro atoms. The Bertz CT molecular complexity index is 494. The molecule has 2 N–H and O–H groups in total. The molecule has 1 rings (SSSR count). The Morgan fingerprint density at radius 1 is 1.44 bits per heavy atom. The van der Waals surface area contributed by atoms with Crippen LogP contribution in [0.1, 0.15) is 10.4 Å². The molecule has 5 nitrogen and oxygen atoms in total. The first-order chi connectivity index (χ1) is 8.44. The fourth-order valence-electron chi connectivity index (χ4n) is 1.36. The normalized spacial score (nSPS) is 11.4. The first-order valence-corrected chi connectivity index (χ1v) is 8.29. The van der Waals surface area contributed by atoms with Crippen LogP contribution < -0.4 is 10.6 Å². The third-order valence-electron chi connectivity index (χ3n) is 2.47. The number of hydrogen-bond acceptors (Lipinski definition) is 5. The van der Waals surface area contributed by atoms with E-state index in [0.29, 0.717) is 13.1 Å². The van der Waals surface area contributed by atoms with Crippen molar-refractivity contribution in [2.75, 3.05) is 25.1 Å². The molecule has 102 valence electrons. The Morgan fingerprint density at radius 2 is 2.17 bits per heavy atom. The van der Waals surface area contributed by atoms with Crippen LogP contribution in [-0.4, -0.2) is 39.4 Å². The van der Waals surface area contributed by atoms with Crippen LogP contribution in [0.25, 0.3) is 0 Å². The van der Waals surface area contributed by atoms with Crippen LogP contribution >= 0.6 is 11.3 Å². The lowest BCUT2D eigenvalue weighted by atomic mass is 10.3. The minimum Gasteiger partial charge on any atom is -0.358 e. The monoisotopic (exact) mass is 290 g/mol. The Labute approximate surface area is 112 Å².